The second kappa shape index (κ2) is 12.1. The fraction of sp³-hybridized carbons (Fsp3) is 0.242. The molecule has 0 unspecified atom stereocenters. The maximum absolute atomic E-state index is 15.1. The van der Waals surface area contributed by atoms with E-state index >= 15 is 4.39 Å². The Hall–Kier alpha value is -5.10. The molecule has 2 atom stereocenters. The number of ether oxygens (including phenoxy) is 4. The molecule has 1 fully saturated rings. The van der Waals surface area contributed by atoms with E-state index in [1.165, 1.54) is 23.5 Å². The molecule has 0 aliphatic carbocycles. The fourth-order valence-corrected chi connectivity index (χ4v) is 6.40. The number of likely N-dealkylation sites (tertiary alicyclic amines) is 1. The normalized spacial score (nSPS) is 19.4. The molecule has 0 saturated carbocycles. The Morgan fingerprint density at radius 3 is 2.60 bits per heavy atom. The lowest BCUT2D eigenvalue weighted by atomic mass is 10.0. The van der Waals surface area contributed by atoms with E-state index in [2.05, 4.69) is 10.6 Å². The Balaban J connectivity index is 1.21. The molecule has 5 heterocycles. The predicted molar refractivity (Wildman–Crippen MR) is 163 cm³/mol. The molecule has 1 aromatic heterocycles. The summed E-state index contributed by atoms with van der Waals surface area (Å²) >= 11 is 1.23. The summed E-state index contributed by atoms with van der Waals surface area (Å²) < 4.78 is 38.4. The first kappa shape index (κ1) is 28.7. The van der Waals surface area contributed by atoms with Gasteiger partial charge < -0.3 is 34.5 Å². The summed E-state index contributed by atoms with van der Waals surface area (Å²) in [6, 6.07) is 17.8. The molecule has 3 amide bonds. The number of fused-ring (bicyclic) bond motifs is 8. The maximum Gasteiger partial charge on any atom is 0.268 e. The van der Waals surface area contributed by atoms with Crippen LogP contribution in [0.15, 0.2) is 72.1 Å². The van der Waals surface area contributed by atoms with Gasteiger partial charge in [0.1, 0.15) is 41.5 Å². The molecule has 4 aliphatic rings. The number of hydrogen-bond donors (Lipinski definition) is 2. The van der Waals surface area contributed by atoms with E-state index in [1.807, 2.05) is 12.1 Å². The minimum atomic E-state index is -0.691. The lowest BCUT2D eigenvalue weighted by Gasteiger charge is -2.21. The minimum absolute atomic E-state index is 0.133. The van der Waals surface area contributed by atoms with Gasteiger partial charge in [0.05, 0.1) is 18.2 Å². The number of hydrogen-bond acceptors (Lipinski definition) is 8. The number of thiophene rings is 1. The Labute approximate surface area is 261 Å². The van der Waals surface area contributed by atoms with Crippen molar-refractivity contribution in [1.82, 2.24) is 15.5 Å². The molecule has 230 valence electrons. The van der Waals surface area contributed by atoms with Crippen LogP contribution in [0.2, 0.25) is 0 Å². The standard InChI is InChI=1S/C33H28FN3O7S/c34-25-9-6-21-13-24(25)32(39)36-26-15-37(33(40)31-30-28(18-45-31)41-10-11-42-30)16-27(26)44-22-7-4-19(5-8-22)14-35-29(38)17-43-23-3-1-2-20(21)12-23/h1-9,12-13,18,26-27H,10-11,14-17H2,(H,35,38)(H,36,39)/t26-,27-/m0/s1. The molecule has 45 heavy (non-hydrogen) atoms. The topological polar surface area (TPSA) is 115 Å². The lowest BCUT2D eigenvalue weighted by Crippen LogP contribution is -2.45. The SMILES string of the molecule is O=C1COc2cccc(c2)-c2ccc(F)c(c2)C(=O)N[C@H]2CN(C(=O)c3scc4c3OCCO4)C[C@@H]2Oc2ccc(cc2)CN1. The summed E-state index contributed by atoms with van der Waals surface area (Å²) in [5, 5.41) is 7.51. The van der Waals surface area contributed by atoms with Crippen LogP contribution in [0.4, 0.5) is 4.39 Å². The van der Waals surface area contributed by atoms with Crippen molar-refractivity contribution in [2.45, 2.75) is 18.7 Å². The molecule has 12 heteroatoms. The van der Waals surface area contributed by atoms with Crippen molar-refractivity contribution in [3.63, 3.8) is 0 Å². The van der Waals surface area contributed by atoms with E-state index in [1.54, 1.807) is 52.7 Å². The molecule has 10 nitrogen and oxygen atoms in total. The lowest BCUT2D eigenvalue weighted by molar-refractivity contribution is -0.123. The zero-order chi connectivity index (χ0) is 30.9. The fourth-order valence-electron chi connectivity index (χ4n) is 5.50. The van der Waals surface area contributed by atoms with Crippen LogP contribution in [0.1, 0.15) is 25.6 Å². The minimum Gasteiger partial charge on any atom is -0.486 e. The van der Waals surface area contributed by atoms with Crippen molar-refractivity contribution in [1.29, 1.82) is 0 Å². The van der Waals surface area contributed by atoms with Crippen molar-refractivity contribution in [3.8, 4) is 34.1 Å². The van der Waals surface area contributed by atoms with Gasteiger partial charge in [-0.2, -0.15) is 0 Å². The molecule has 3 aromatic carbocycles. The van der Waals surface area contributed by atoms with Crippen LogP contribution in [-0.4, -0.2) is 67.7 Å². The number of rotatable bonds is 1. The van der Waals surface area contributed by atoms with Crippen LogP contribution in [0.3, 0.4) is 0 Å². The zero-order valence-electron chi connectivity index (χ0n) is 23.9. The molecule has 1 saturated heterocycles. The smallest absolute Gasteiger partial charge is 0.268 e. The van der Waals surface area contributed by atoms with Crippen LogP contribution >= 0.6 is 11.3 Å². The molecule has 4 aromatic rings. The first-order chi connectivity index (χ1) is 21.9. The van der Waals surface area contributed by atoms with Gasteiger partial charge >= 0.3 is 0 Å². The van der Waals surface area contributed by atoms with Crippen LogP contribution in [0.25, 0.3) is 11.1 Å². The third-order valence-electron chi connectivity index (χ3n) is 7.81. The number of benzene rings is 3. The molecule has 2 N–H and O–H groups in total. The number of halogens is 1. The van der Waals surface area contributed by atoms with Gasteiger partial charge in [-0.3, -0.25) is 14.4 Å². The Morgan fingerprint density at radius 2 is 1.73 bits per heavy atom. The largest absolute Gasteiger partial charge is 0.486 e. The van der Waals surface area contributed by atoms with Gasteiger partial charge in [0.15, 0.2) is 18.1 Å². The van der Waals surface area contributed by atoms with Gasteiger partial charge in [-0.1, -0.05) is 30.3 Å². The van der Waals surface area contributed by atoms with E-state index in [-0.39, 0.29) is 37.1 Å². The molecular weight excluding hydrogens is 601 g/mol. The van der Waals surface area contributed by atoms with Gasteiger partial charge in [-0.25, -0.2) is 4.39 Å². The first-order valence-electron chi connectivity index (χ1n) is 14.4. The number of carbonyl (C=O) groups is 3. The zero-order valence-corrected chi connectivity index (χ0v) is 24.7. The number of nitrogens with zero attached hydrogens (tertiary/aromatic N) is 1. The van der Waals surface area contributed by atoms with E-state index in [4.69, 9.17) is 18.9 Å². The van der Waals surface area contributed by atoms with Crippen LogP contribution < -0.4 is 29.6 Å². The van der Waals surface area contributed by atoms with Crippen LogP contribution in [-0.2, 0) is 11.3 Å². The second-order valence-corrected chi connectivity index (χ2v) is 11.7. The highest BCUT2D eigenvalue weighted by Gasteiger charge is 2.40. The van der Waals surface area contributed by atoms with Gasteiger partial charge in [-0.15, -0.1) is 11.3 Å². The Bertz CT molecular complexity index is 1780. The Morgan fingerprint density at radius 1 is 0.911 bits per heavy atom. The number of nitrogens with one attached hydrogen (secondary N) is 2. The molecule has 8 rings (SSSR count). The summed E-state index contributed by atoms with van der Waals surface area (Å²) in [6.45, 7) is 1.16. The quantitative estimate of drug-likeness (QED) is 0.327. The highest BCUT2D eigenvalue weighted by molar-refractivity contribution is 7.12. The summed E-state index contributed by atoms with van der Waals surface area (Å²) in [4.78, 5) is 41.7. The van der Waals surface area contributed by atoms with Crippen molar-refractivity contribution in [3.05, 3.63) is 93.9 Å². The average molecular weight is 630 g/mol. The second-order valence-electron chi connectivity index (χ2n) is 10.8. The van der Waals surface area contributed by atoms with E-state index in [0.29, 0.717) is 58.8 Å². The Kier molecular flexibility index (Phi) is 7.72. The van der Waals surface area contributed by atoms with Crippen LogP contribution in [0.5, 0.6) is 23.0 Å². The van der Waals surface area contributed by atoms with Crippen molar-refractivity contribution in [2.75, 3.05) is 32.9 Å². The molecule has 0 radical (unpaired) electrons. The molecule has 0 spiro atoms. The molecular formula is C33H28FN3O7S. The highest BCUT2D eigenvalue weighted by atomic mass is 32.1. The van der Waals surface area contributed by atoms with Crippen molar-refractivity contribution < 1.29 is 37.7 Å². The average Bonchev–Trinajstić information content (AvgIpc) is 3.67. The van der Waals surface area contributed by atoms with Gasteiger partial charge in [0.25, 0.3) is 17.7 Å². The summed E-state index contributed by atoms with van der Waals surface area (Å²) in [7, 11) is 0. The van der Waals surface area contributed by atoms with Crippen LogP contribution in [0, 0.1) is 5.82 Å². The van der Waals surface area contributed by atoms with Gasteiger partial charge in [0.2, 0.25) is 0 Å². The number of carbonyl (C=O) groups excluding carboxylic acids is 3. The maximum atomic E-state index is 15.1. The van der Waals surface area contributed by atoms with Crippen molar-refractivity contribution in [2.24, 2.45) is 0 Å². The number of amides is 3. The third kappa shape index (κ3) is 6.01. The monoisotopic (exact) mass is 629 g/mol. The summed E-state index contributed by atoms with van der Waals surface area (Å²) in [5.41, 5.74) is 1.96. The third-order valence-corrected chi connectivity index (χ3v) is 8.74. The van der Waals surface area contributed by atoms with Gasteiger partial charge in [-0.05, 0) is 53.1 Å². The van der Waals surface area contributed by atoms with E-state index in [9.17, 15) is 14.4 Å². The molecule has 6 bridgehead atoms. The first-order valence-corrected chi connectivity index (χ1v) is 15.3. The summed E-state index contributed by atoms with van der Waals surface area (Å²) in [5.74, 6) is 0.0222. The van der Waals surface area contributed by atoms with E-state index < -0.39 is 23.9 Å². The highest BCUT2D eigenvalue weighted by Crippen LogP contribution is 2.40. The molecule has 4 aliphatic heterocycles. The van der Waals surface area contributed by atoms with Crippen molar-refractivity contribution >= 4 is 29.1 Å². The summed E-state index contributed by atoms with van der Waals surface area (Å²) in [6.07, 6.45) is -0.637. The predicted octanol–water partition coefficient (Wildman–Crippen LogP) is 4.04. The van der Waals surface area contributed by atoms with E-state index in [0.717, 1.165) is 5.56 Å². The van der Waals surface area contributed by atoms with Gasteiger partial charge in [0, 0.05) is 18.5 Å².